The van der Waals surface area contributed by atoms with E-state index in [1.165, 1.54) is 11.6 Å². The molecule has 0 saturated carbocycles. The van der Waals surface area contributed by atoms with Crippen LogP contribution in [0.2, 0.25) is 0 Å². The van der Waals surface area contributed by atoms with Gasteiger partial charge in [0.2, 0.25) is 5.91 Å². The number of likely N-dealkylation sites (tertiary alicyclic amines) is 1. The van der Waals surface area contributed by atoms with Crippen LogP contribution in [-0.2, 0) is 24.2 Å². The maximum atomic E-state index is 13.7. The molecule has 0 bridgehead atoms. The zero-order valence-electron chi connectivity index (χ0n) is 19.6. The standard InChI is InChI=1S/C29H31FN2O2/c1-21-11-12-23(19-27(21)30)20-31-28(33)25-15-17-32(18-16-25)29(34)26-10-6-5-9-24(26)14-13-22-7-3-2-4-8-22/h2-12,19,25H,13-18,20H2,1H3,(H,31,33). The van der Waals surface area contributed by atoms with Crippen LogP contribution in [-0.4, -0.2) is 29.8 Å². The molecule has 0 aliphatic carbocycles. The van der Waals surface area contributed by atoms with Crippen molar-refractivity contribution in [1.82, 2.24) is 10.2 Å². The number of rotatable bonds is 7. The number of amides is 2. The van der Waals surface area contributed by atoms with E-state index >= 15 is 0 Å². The lowest BCUT2D eigenvalue weighted by atomic mass is 9.94. The van der Waals surface area contributed by atoms with E-state index in [-0.39, 0.29) is 23.5 Å². The van der Waals surface area contributed by atoms with E-state index in [4.69, 9.17) is 0 Å². The molecule has 34 heavy (non-hydrogen) atoms. The molecule has 1 aliphatic heterocycles. The SMILES string of the molecule is Cc1ccc(CNC(=O)C2CCN(C(=O)c3ccccc3CCc3ccccc3)CC2)cc1F. The van der Waals surface area contributed by atoms with Crippen LogP contribution in [0.5, 0.6) is 0 Å². The fraction of sp³-hybridized carbons (Fsp3) is 0.310. The summed E-state index contributed by atoms with van der Waals surface area (Å²) in [6.45, 7) is 3.14. The minimum atomic E-state index is -0.261. The second kappa shape index (κ2) is 11.1. The molecule has 0 radical (unpaired) electrons. The second-order valence-electron chi connectivity index (χ2n) is 9.01. The Morgan fingerprint density at radius 1 is 0.912 bits per heavy atom. The molecule has 1 aliphatic rings. The van der Waals surface area contributed by atoms with Crippen molar-refractivity contribution in [1.29, 1.82) is 0 Å². The van der Waals surface area contributed by atoms with Crippen molar-refractivity contribution in [2.45, 2.75) is 39.2 Å². The summed E-state index contributed by atoms with van der Waals surface area (Å²) < 4.78 is 13.7. The average Bonchev–Trinajstić information content (AvgIpc) is 2.88. The summed E-state index contributed by atoms with van der Waals surface area (Å²) in [6, 6.07) is 23.1. The number of carbonyl (C=O) groups is 2. The van der Waals surface area contributed by atoms with Crippen molar-refractivity contribution in [3.63, 3.8) is 0 Å². The van der Waals surface area contributed by atoms with Gasteiger partial charge in [-0.3, -0.25) is 9.59 Å². The lowest BCUT2D eigenvalue weighted by Gasteiger charge is -2.32. The average molecular weight is 459 g/mol. The Kier molecular flexibility index (Phi) is 7.73. The summed E-state index contributed by atoms with van der Waals surface area (Å²) in [7, 11) is 0. The molecular formula is C29H31FN2O2. The third-order valence-electron chi connectivity index (χ3n) is 6.63. The zero-order chi connectivity index (χ0) is 23.9. The van der Waals surface area contributed by atoms with Gasteiger partial charge in [-0.05, 0) is 67.0 Å². The quantitative estimate of drug-likeness (QED) is 0.536. The number of aryl methyl sites for hydroxylation is 3. The molecule has 0 spiro atoms. The van der Waals surface area contributed by atoms with E-state index in [2.05, 4.69) is 17.4 Å². The number of hydrogen-bond donors (Lipinski definition) is 1. The maximum Gasteiger partial charge on any atom is 0.254 e. The van der Waals surface area contributed by atoms with Gasteiger partial charge in [0, 0.05) is 31.1 Å². The fourth-order valence-electron chi connectivity index (χ4n) is 4.47. The van der Waals surface area contributed by atoms with Gasteiger partial charge in [-0.25, -0.2) is 4.39 Å². The summed E-state index contributed by atoms with van der Waals surface area (Å²) in [5.74, 6) is -0.385. The van der Waals surface area contributed by atoms with Gasteiger partial charge >= 0.3 is 0 Å². The van der Waals surface area contributed by atoms with E-state index in [0.717, 1.165) is 29.5 Å². The summed E-state index contributed by atoms with van der Waals surface area (Å²) in [5.41, 5.74) is 4.40. The first-order chi connectivity index (χ1) is 16.5. The topological polar surface area (TPSA) is 49.4 Å². The Bertz CT molecular complexity index is 1140. The molecule has 0 aromatic heterocycles. The first-order valence-electron chi connectivity index (χ1n) is 11.9. The predicted octanol–water partition coefficient (Wildman–Crippen LogP) is 5.09. The number of nitrogens with zero attached hydrogens (tertiary/aromatic N) is 1. The molecule has 3 aromatic rings. The fourth-order valence-corrected chi connectivity index (χ4v) is 4.47. The summed E-state index contributed by atoms with van der Waals surface area (Å²) >= 11 is 0. The highest BCUT2D eigenvalue weighted by Gasteiger charge is 2.28. The van der Waals surface area contributed by atoms with Crippen LogP contribution in [0.25, 0.3) is 0 Å². The van der Waals surface area contributed by atoms with Gasteiger partial charge < -0.3 is 10.2 Å². The Hall–Kier alpha value is -3.47. The van der Waals surface area contributed by atoms with Crippen LogP contribution >= 0.6 is 0 Å². The van der Waals surface area contributed by atoms with Gasteiger partial charge in [0.25, 0.3) is 5.91 Å². The van der Waals surface area contributed by atoms with E-state index in [1.54, 1.807) is 13.0 Å². The predicted molar refractivity (Wildman–Crippen MR) is 132 cm³/mol. The van der Waals surface area contributed by atoms with Gasteiger partial charge in [-0.1, -0.05) is 60.7 Å². The maximum absolute atomic E-state index is 13.7. The number of piperidine rings is 1. The van der Waals surface area contributed by atoms with Crippen LogP contribution in [0.1, 0.15) is 45.5 Å². The monoisotopic (exact) mass is 458 g/mol. The number of carbonyl (C=O) groups excluding carboxylic acids is 2. The van der Waals surface area contributed by atoms with Crippen LogP contribution in [0.4, 0.5) is 4.39 Å². The van der Waals surface area contributed by atoms with Crippen LogP contribution in [0.15, 0.2) is 72.8 Å². The molecule has 1 saturated heterocycles. The normalized spacial score (nSPS) is 14.1. The van der Waals surface area contributed by atoms with Gasteiger partial charge in [0.15, 0.2) is 0 Å². The summed E-state index contributed by atoms with van der Waals surface area (Å²) in [6.07, 6.45) is 2.96. The molecule has 4 nitrogen and oxygen atoms in total. The highest BCUT2D eigenvalue weighted by atomic mass is 19.1. The van der Waals surface area contributed by atoms with E-state index in [9.17, 15) is 14.0 Å². The first kappa shape index (κ1) is 23.7. The Morgan fingerprint density at radius 3 is 2.35 bits per heavy atom. The van der Waals surface area contributed by atoms with Gasteiger partial charge in [0.1, 0.15) is 5.82 Å². The molecule has 2 amide bonds. The molecule has 0 atom stereocenters. The number of hydrogen-bond acceptors (Lipinski definition) is 2. The Labute approximate surface area is 200 Å². The highest BCUT2D eigenvalue weighted by molar-refractivity contribution is 5.96. The van der Waals surface area contributed by atoms with Gasteiger partial charge in [-0.2, -0.15) is 0 Å². The molecule has 5 heteroatoms. The third kappa shape index (κ3) is 5.90. The van der Waals surface area contributed by atoms with Crippen molar-refractivity contribution >= 4 is 11.8 Å². The number of halogens is 1. The minimum absolute atomic E-state index is 0.0312. The highest BCUT2D eigenvalue weighted by Crippen LogP contribution is 2.22. The van der Waals surface area contributed by atoms with Crippen molar-refractivity contribution in [3.05, 3.63) is 106 Å². The number of benzene rings is 3. The van der Waals surface area contributed by atoms with Gasteiger partial charge in [-0.15, -0.1) is 0 Å². The summed E-state index contributed by atoms with van der Waals surface area (Å²) in [4.78, 5) is 27.8. The molecule has 0 unspecified atom stereocenters. The van der Waals surface area contributed by atoms with E-state index < -0.39 is 0 Å². The first-order valence-corrected chi connectivity index (χ1v) is 11.9. The van der Waals surface area contributed by atoms with Crippen LogP contribution < -0.4 is 5.32 Å². The van der Waals surface area contributed by atoms with Crippen molar-refractivity contribution in [2.75, 3.05) is 13.1 Å². The Balaban J connectivity index is 1.30. The molecule has 1 heterocycles. The Morgan fingerprint density at radius 2 is 1.62 bits per heavy atom. The number of nitrogens with one attached hydrogen (secondary N) is 1. The van der Waals surface area contributed by atoms with Crippen molar-refractivity contribution in [2.24, 2.45) is 5.92 Å². The van der Waals surface area contributed by atoms with Crippen LogP contribution in [0.3, 0.4) is 0 Å². The molecular weight excluding hydrogens is 427 g/mol. The molecule has 4 rings (SSSR count). The van der Waals surface area contributed by atoms with Crippen molar-refractivity contribution in [3.8, 4) is 0 Å². The minimum Gasteiger partial charge on any atom is -0.352 e. The van der Waals surface area contributed by atoms with Crippen LogP contribution in [0, 0.1) is 18.7 Å². The smallest absolute Gasteiger partial charge is 0.254 e. The lowest BCUT2D eigenvalue weighted by molar-refractivity contribution is -0.126. The lowest BCUT2D eigenvalue weighted by Crippen LogP contribution is -2.43. The molecule has 1 fully saturated rings. The second-order valence-corrected chi connectivity index (χ2v) is 9.01. The largest absolute Gasteiger partial charge is 0.352 e. The summed E-state index contributed by atoms with van der Waals surface area (Å²) in [5, 5.41) is 2.92. The molecule has 176 valence electrons. The van der Waals surface area contributed by atoms with E-state index in [1.807, 2.05) is 53.4 Å². The molecule has 3 aromatic carbocycles. The van der Waals surface area contributed by atoms with Crippen molar-refractivity contribution < 1.29 is 14.0 Å². The van der Waals surface area contributed by atoms with Gasteiger partial charge in [0.05, 0.1) is 0 Å². The van der Waals surface area contributed by atoms with E-state index in [0.29, 0.717) is 38.0 Å². The zero-order valence-corrected chi connectivity index (χ0v) is 19.6. The third-order valence-corrected chi connectivity index (χ3v) is 6.63. The molecule has 1 N–H and O–H groups in total.